The fraction of sp³-hybridized carbons (Fsp3) is 0.348. The fourth-order valence-corrected chi connectivity index (χ4v) is 3.42. The molecule has 0 unspecified atom stereocenters. The van der Waals surface area contributed by atoms with Crippen LogP contribution in [0.1, 0.15) is 38.3 Å². The fourth-order valence-electron chi connectivity index (χ4n) is 3.42. The van der Waals surface area contributed by atoms with Crippen LogP contribution >= 0.6 is 0 Å². The van der Waals surface area contributed by atoms with Gasteiger partial charge in [0.05, 0.1) is 0 Å². The Morgan fingerprint density at radius 1 is 1.08 bits per heavy atom. The van der Waals surface area contributed by atoms with Crippen molar-refractivity contribution in [2.45, 2.75) is 27.2 Å². The molecule has 2 aromatic rings. The molecule has 2 nitrogen and oxygen atoms in total. The van der Waals surface area contributed by atoms with Gasteiger partial charge in [0.2, 0.25) is 0 Å². The van der Waals surface area contributed by atoms with Crippen LogP contribution in [0.4, 0.5) is 0 Å². The average molecular weight is 332 g/mol. The summed E-state index contributed by atoms with van der Waals surface area (Å²) >= 11 is 0. The summed E-state index contributed by atoms with van der Waals surface area (Å²) in [5.41, 5.74) is 5.55. The maximum atomic E-state index is 8.82. The molecule has 0 aromatic heterocycles. The number of fused-ring (bicyclic) bond motifs is 1. The van der Waals surface area contributed by atoms with Crippen molar-refractivity contribution >= 4 is 22.1 Å². The summed E-state index contributed by atoms with van der Waals surface area (Å²) in [6, 6.07) is 12.9. The van der Waals surface area contributed by atoms with Crippen LogP contribution < -0.4 is 0 Å². The van der Waals surface area contributed by atoms with Gasteiger partial charge in [-0.2, -0.15) is 0 Å². The zero-order chi connectivity index (χ0) is 18.2. The Hall–Kier alpha value is -2.19. The zero-order valence-corrected chi connectivity index (χ0v) is 16.0. The molecule has 1 aliphatic carbocycles. The minimum atomic E-state index is -0.175. The van der Waals surface area contributed by atoms with E-state index in [1.54, 1.807) is 0 Å². The van der Waals surface area contributed by atoms with Crippen molar-refractivity contribution < 1.29 is 0 Å². The van der Waals surface area contributed by atoms with Crippen LogP contribution in [0.5, 0.6) is 0 Å². The molecule has 0 heterocycles. The molecule has 3 rings (SSSR count). The predicted molar refractivity (Wildman–Crippen MR) is 109 cm³/mol. The van der Waals surface area contributed by atoms with Gasteiger partial charge in [0.25, 0.3) is 0 Å². The van der Waals surface area contributed by atoms with Crippen LogP contribution in [0.15, 0.2) is 54.1 Å². The molecule has 0 saturated heterocycles. The Morgan fingerprint density at radius 2 is 1.72 bits per heavy atom. The van der Waals surface area contributed by atoms with Gasteiger partial charge in [0, 0.05) is 23.2 Å². The van der Waals surface area contributed by atoms with Gasteiger partial charge in [-0.25, -0.2) is 0 Å². The molecule has 0 fully saturated rings. The lowest BCUT2D eigenvalue weighted by atomic mass is 9.81. The molecule has 2 aromatic carbocycles. The van der Waals surface area contributed by atoms with E-state index in [1.165, 1.54) is 27.5 Å². The number of benzene rings is 2. The predicted octanol–water partition coefficient (Wildman–Crippen LogP) is 5.53. The summed E-state index contributed by atoms with van der Waals surface area (Å²) in [5.74, 6) is 0. The monoisotopic (exact) mass is 332 g/mol. The lowest BCUT2D eigenvalue weighted by Crippen LogP contribution is -2.22. The summed E-state index contributed by atoms with van der Waals surface area (Å²) in [6.45, 7) is 7.30. The van der Waals surface area contributed by atoms with Gasteiger partial charge < -0.3 is 10.3 Å². The summed E-state index contributed by atoms with van der Waals surface area (Å²) in [7, 11) is 4.21. The van der Waals surface area contributed by atoms with E-state index in [0.717, 1.165) is 18.5 Å². The van der Waals surface area contributed by atoms with Gasteiger partial charge in [-0.05, 0) is 60.1 Å². The first-order chi connectivity index (χ1) is 11.8. The quantitative estimate of drug-likeness (QED) is 0.732. The molecule has 1 N–H and O–H groups in total. The molecule has 0 radical (unpaired) electrons. The molecule has 0 atom stereocenters. The third kappa shape index (κ3) is 3.59. The lowest BCUT2D eigenvalue weighted by molar-refractivity contribution is 0.450. The van der Waals surface area contributed by atoms with Gasteiger partial charge in [-0.1, -0.05) is 57.2 Å². The number of hydrogen-bond acceptors (Lipinski definition) is 2. The van der Waals surface area contributed by atoms with Gasteiger partial charge in [-0.15, -0.1) is 0 Å². The number of nitrogens with one attached hydrogen (secondary N) is 1. The molecule has 0 spiro atoms. The van der Waals surface area contributed by atoms with Crippen LogP contribution in [-0.4, -0.2) is 31.3 Å². The molecular weight excluding hydrogens is 304 g/mol. The second kappa shape index (κ2) is 6.61. The van der Waals surface area contributed by atoms with Gasteiger partial charge in [0.15, 0.2) is 0 Å². The van der Waals surface area contributed by atoms with Crippen LogP contribution in [0.3, 0.4) is 0 Å². The number of allylic oxidation sites excluding steroid dienone is 2. The molecule has 130 valence electrons. The maximum absolute atomic E-state index is 8.82. The van der Waals surface area contributed by atoms with Crippen molar-refractivity contribution in [3.8, 4) is 0 Å². The standard InChI is InChI=1S/C23H28N2/c1-23(2,3)22(24)21-14-17-10-7-6-9-16(17)13-20(21)19-12-8-11-18(19)15-25(4)5/h6-11,13-14,24H,12,15H2,1-5H3. The lowest BCUT2D eigenvalue weighted by Gasteiger charge is -2.24. The highest BCUT2D eigenvalue weighted by Crippen LogP contribution is 2.36. The summed E-state index contributed by atoms with van der Waals surface area (Å²) in [6.07, 6.45) is 5.44. The Labute approximate surface area is 151 Å². The Balaban J connectivity index is 2.24. The van der Waals surface area contributed by atoms with Crippen LogP contribution in [0, 0.1) is 10.8 Å². The van der Waals surface area contributed by atoms with E-state index in [9.17, 15) is 0 Å². The Bertz CT molecular complexity index is 877. The smallest absolute Gasteiger partial charge is 0.0445 e. The van der Waals surface area contributed by atoms with Crippen molar-refractivity contribution in [3.63, 3.8) is 0 Å². The van der Waals surface area contributed by atoms with E-state index in [2.05, 4.69) is 88.3 Å². The SMILES string of the molecule is CN(C)CC1=C(c2cc3ccccc3cc2C(=N)C(C)(C)C)CC=C1. The molecule has 0 aliphatic heterocycles. The van der Waals surface area contributed by atoms with Gasteiger partial charge in [-0.3, -0.25) is 0 Å². The van der Waals surface area contributed by atoms with Crippen LogP contribution in [-0.2, 0) is 0 Å². The van der Waals surface area contributed by atoms with E-state index >= 15 is 0 Å². The van der Waals surface area contributed by atoms with Crippen LogP contribution in [0.2, 0.25) is 0 Å². The normalized spacial score (nSPS) is 14.8. The molecule has 2 heteroatoms. The molecule has 25 heavy (non-hydrogen) atoms. The van der Waals surface area contributed by atoms with E-state index in [-0.39, 0.29) is 5.41 Å². The van der Waals surface area contributed by atoms with Crippen molar-refractivity contribution in [2.24, 2.45) is 5.41 Å². The van der Waals surface area contributed by atoms with E-state index in [4.69, 9.17) is 5.41 Å². The highest BCUT2D eigenvalue weighted by molar-refractivity contribution is 6.09. The Morgan fingerprint density at radius 3 is 2.32 bits per heavy atom. The summed E-state index contributed by atoms with van der Waals surface area (Å²) in [5, 5.41) is 11.3. The summed E-state index contributed by atoms with van der Waals surface area (Å²) < 4.78 is 0. The third-order valence-corrected chi connectivity index (χ3v) is 4.75. The van der Waals surface area contributed by atoms with Crippen molar-refractivity contribution in [3.05, 3.63) is 65.3 Å². The minimum absolute atomic E-state index is 0.175. The molecule has 1 aliphatic rings. The molecular formula is C23H28N2. The number of likely N-dealkylation sites (N-methyl/N-ethyl adjacent to an activating group) is 1. The molecule has 0 amide bonds. The molecule has 0 saturated carbocycles. The van der Waals surface area contributed by atoms with E-state index < -0.39 is 0 Å². The first kappa shape index (κ1) is 17.6. The first-order valence-electron chi connectivity index (χ1n) is 8.93. The summed E-state index contributed by atoms with van der Waals surface area (Å²) in [4.78, 5) is 2.21. The minimum Gasteiger partial charge on any atom is -0.305 e. The molecule has 0 bridgehead atoms. The first-order valence-corrected chi connectivity index (χ1v) is 8.93. The maximum Gasteiger partial charge on any atom is 0.0445 e. The van der Waals surface area contributed by atoms with E-state index in [0.29, 0.717) is 5.71 Å². The van der Waals surface area contributed by atoms with Gasteiger partial charge in [0.1, 0.15) is 0 Å². The Kier molecular flexibility index (Phi) is 4.66. The second-order valence-corrected chi connectivity index (χ2v) is 8.22. The second-order valence-electron chi connectivity index (χ2n) is 8.22. The number of hydrogen-bond donors (Lipinski definition) is 1. The largest absolute Gasteiger partial charge is 0.305 e. The van der Waals surface area contributed by atoms with Gasteiger partial charge >= 0.3 is 0 Å². The average Bonchev–Trinajstić information content (AvgIpc) is 2.99. The third-order valence-electron chi connectivity index (χ3n) is 4.75. The van der Waals surface area contributed by atoms with Crippen molar-refractivity contribution in [1.82, 2.24) is 4.90 Å². The zero-order valence-electron chi connectivity index (χ0n) is 16.0. The van der Waals surface area contributed by atoms with Crippen molar-refractivity contribution in [2.75, 3.05) is 20.6 Å². The number of nitrogens with zero attached hydrogens (tertiary/aromatic N) is 1. The van der Waals surface area contributed by atoms with Crippen LogP contribution in [0.25, 0.3) is 16.3 Å². The van der Waals surface area contributed by atoms with E-state index in [1.807, 2.05) is 0 Å². The highest BCUT2D eigenvalue weighted by atomic mass is 15.0. The highest BCUT2D eigenvalue weighted by Gasteiger charge is 2.24. The number of rotatable bonds is 4. The van der Waals surface area contributed by atoms with Crippen molar-refractivity contribution in [1.29, 1.82) is 5.41 Å². The topological polar surface area (TPSA) is 27.1 Å².